The van der Waals surface area contributed by atoms with Crippen LogP contribution in [0.5, 0.6) is 5.75 Å². The maximum Gasteiger partial charge on any atom is 0.256 e. The summed E-state index contributed by atoms with van der Waals surface area (Å²) in [6.45, 7) is 0. The highest BCUT2D eigenvalue weighted by Crippen LogP contribution is 2.40. The molecule has 2 atom stereocenters. The molecule has 24 heavy (non-hydrogen) atoms. The minimum atomic E-state index is -0.00419. The Kier molecular flexibility index (Phi) is 4.41. The Morgan fingerprint density at radius 2 is 2.04 bits per heavy atom. The van der Waals surface area contributed by atoms with Crippen molar-refractivity contribution in [3.8, 4) is 5.75 Å². The number of thiophene rings is 1. The molecule has 0 saturated carbocycles. The van der Waals surface area contributed by atoms with Crippen molar-refractivity contribution in [2.45, 2.75) is 43.9 Å². The van der Waals surface area contributed by atoms with E-state index in [9.17, 15) is 4.79 Å². The Bertz CT molecular complexity index is 738. The Balaban J connectivity index is 1.49. The SMILES string of the molecule is O=C(c1cc(Cl)sc1Cl)N1C2CCC1CC(Oc1cccnc1)C2. The molecule has 2 aromatic heterocycles. The van der Waals surface area contributed by atoms with E-state index in [1.807, 2.05) is 17.0 Å². The summed E-state index contributed by atoms with van der Waals surface area (Å²) in [5, 5.41) is 0. The molecule has 0 N–H and O–H groups in total. The molecule has 2 saturated heterocycles. The Morgan fingerprint density at radius 1 is 1.29 bits per heavy atom. The van der Waals surface area contributed by atoms with Crippen LogP contribution in [0.4, 0.5) is 0 Å². The molecule has 4 heterocycles. The van der Waals surface area contributed by atoms with E-state index in [2.05, 4.69) is 4.98 Å². The van der Waals surface area contributed by atoms with Crippen LogP contribution in [0.2, 0.25) is 8.67 Å². The Morgan fingerprint density at radius 3 is 2.62 bits per heavy atom. The summed E-state index contributed by atoms with van der Waals surface area (Å²) >= 11 is 13.4. The van der Waals surface area contributed by atoms with Crippen LogP contribution in [-0.4, -0.2) is 34.0 Å². The molecule has 0 spiro atoms. The molecule has 0 aromatic carbocycles. The summed E-state index contributed by atoms with van der Waals surface area (Å²) in [4.78, 5) is 19.0. The molecule has 0 aliphatic carbocycles. The van der Waals surface area contributed by atoms with E-state index in [0.717, 1.165) is 31.4 Å². The summed E-state index contributed by atoms with van der Waals surface area (Å²) in [6, 6.07) is 5.86. The summed E-state index contributed by atoms with van der Waals surface area (Å²) in [7, 11) is 0. The third-order valence-electron chi connectivity index (χ3n) is 4.75. The maximum absolute atomic E-state index is 12.9. The van der Waals surface area contributed by atoms with Crippen molar-refractivity contribution in [1.29, 1.82) is 0 Å². The summed E-state index contributed by atoms with van der Waals surface area (Å²) in [6.07, 6.45) is 7.29. The monoisotopic (exact) mass is 382 g/mol. The van der Waals surface area contributed by atoms with E-state index in [1.54, 1.807) is 18.5 Å². The highest BCUT2D eigenvalue weighted by atomic mass is 35.5. The molecule has 4 rings (SSSR count). The fourth-order valence-electron chi connectivity index (χ4n) is 3.79. The van der Waals surface area contributed by atoms with E-state index in [1.165, 1.54) is 11.3 Å². The van der Waals surface area contributed by atoms with Crippen LogP contribution in [0.3, 0.4) is 0 Å². The maximum atomic E-state index is 12.9. The fourth-order valence-corrected chi connectivity index (χ4v) is 5.24. The summed E-state index contributed by atoms with van der Waals surface area (Å²) in [5.41, 5.74) is 0.523. The first-order valence-electron chi connectivity index (χ1n) is 7.96. The van der Waals surface area contributed by atoms with Crippen LogP contribution in [-0.2, 0) is 0 Å². The third kappa shape index (κ3) is 3.01. The number of hydrogen-bond acceptors (Lipinski definition) is 4. The minimum Gasteiger partial charge on any atom is -0.489 e. The van der Waals surface area contributed by atoms with Crippen molar-refractivity contribution in [3.05, 3.63) is 44.8 Å². The quantitative estimate of drug-likeness (QED) is 0.774. The molecule has 4 nitrogen and oxygen atoms in total. The van der Waals surface area contributed by atoms with Gasteiger partial charge in [-0.15, -0.1) is 11.3 Å². The van der Waals surface area contributed by atoms with Crippen molar-refractivity contribution >= 4 is 40.4 Å². The van der Waals surface area contributed by atoms with Crippen molar-refractivity contribution in [2.75, 3.05) is 0 Å². The number of hydrogen-bond donors (Lipinski definition) is 0. The average Bonchev–Trinajstić information content (AvgIpc) is 3.04. The zero-order valence-electron chi connectivity index (χ0n) is 12.8. The second kappa shape index (κ2) is 6.54. The number of nitrogens with zero attached hydrogens (tertiary/aromatic N) is 2. The smallest absolute Gasteiger partial charge is 0.256 e. The summed E-state index contributed by atoms with van der Waals surface area (Å²) < 4.78 is 7.07. The van der Waals surface area contributed by atoms with Crippen LogP contribution < -0.4 is 4.74 Å². The van der Waals surface area contributed by atoms with Crippen molar-refractivity contribution in [1.82, 2.24) is 9.88 Å². The van der Waals surface area contributed by atoms with Crippen LogP contribution in [0, 0.1) is 0 Å². The van der Waals surface area contributed by atoms with Gasteiger partial charge in [0, 0.05) is 31.1 Å². The van der Waals surface area contributed by atoms with Gasteiger partial charge in [0.25, 0.3) is 5.91 Å². The van der Waals surface area contributed by atoms with E-state index in [0.29, 0.717) is 14.2 Å². The van der Waals surface area contributed by atoms with Gasteiger partial charge < -0.3 is 9.64 Å². The molecule has 7 heteroatoms. The number of piperidine rings is 1. The molecule has 2 aliphatic rings. The highest BCUT2D eigenvalue weighted by Gasteiger charge is 2.44. The number of rotatable bonds is 3. The van der Waals surface area contributed by atoms with Gasteiger partial charge in [0.2, 0.25) is 0 Å². The number of halogens is 2. The van der Waals surface area contributed by atoms with Gasteiger partial charge in [0.15, 0.2) is 0 Å². The number of pyridine rings is 1. The van der Waals surface area contributed by atoms with Crippen LogP contribution in [0.15, 0.2) is 30.6 Å². The van der Waals surface area contributed by atoms with Crippen LogP contribution in [0.1, 0.15) is 36.0 Å². The van der Waals surface area contributed by atoms with E-state index < -0.39 is 0 Å². The lowest BCUT2D eigenvalue weighted by atomic mass is 9.98. The van der Waals surface area contributed by atoms with Gasteiger partial charge in [-0.3, -0.25) is 9.78 Å². The van der Waals surface area contributed by atoms with Gasteiger partial charge >= 0.3 is 0 Å². The molecule has 2 unspecified atom stereocenters. The first-order chi connectivity index (χ1) is 11.6. The van der Waals surface area contributed by atoms with Gasteiger partial charge in [-0.25, -0.2) is 0 Å². The molecular formula is C17H16Cl2N2O2S. The average molecular weight is 383 g/mol. The zero-order chi connectivity index (χ0) is 16.7. The second-order valence-electron chi connectivity index (χ2n) is 6.24. The van der Waals surface area contributed by atoms with Crippen LogP contribution in [0.25, 0.3) is 0 Å². The largest absolute Gasteiger partial charge is 0.489 e. The molecule has 2 bridgehead atoms. The number of ether oxygens (including phenoxy) is 1. The molecule has 2 aliphatic heterocycles. The molecule has 1 amide bonds. The Labute approximate surface area is 154 Å². The zero-order valence-corrected chi connectivity index (χ0v) is 15.2. The van der Waals surface area contributed by atoms with Crippen molar-refractivity contribution in [3.63, 3.8) is 0 Å². The molecule has 2 fully saturated rings. The predicted molar refractivity (Wildman–Crippen MR) is 95.2 cm³/mol. The first kappa shape index (κ1) is 16.2. The fraction of sp³-hybridized carbons (Fsp3) is 0.412. The molecular weight excluding hydrogens is 367 g/mol. The minimum absolute atomic E-state index is 0.00419. The standard InChI is InChI=1S/C17H16Cl2N2O2S/c18-15-8-14(16(19)24-15)17(22)21-10-3-4-11(21)7-13(6-10)23-12-2-1-5-20-9-12/h1-2,5,8-11,13H,3-4,6-7H2. The molecule has 0 radical (unpaired) electrons. The van der Waals surface area contributed by atoms with E-state index in [-0.39, 0.29) is 24.1 Å². The highest BCUT2D eigenvalue weighted by molar-refractivity contribution is 7.20. The second-order valence-corrected chi connectivity index (χ2v) is 8.52. The lowest BCUT2D eigenvalue weighted by Crippen LogP contribution is -2.49. The van der Waals surface area contributed by atoms with Crippen molar-refractivity contribution in [2.24, 2.45) is 0 Å². The number of aromatic nitrogens is 1. The van der Waals surface area contributed by atoms with E-state index in [4.69, 9.17) is 27.9 Å². The topological polar surface area (TPSA) is 42.4 Å². The van der Waals surface area contributed by atoms with Gasteiger partial charge in [0.1, 0.15) is 16.2 Å². The number of carbonyl (C=O) groups is 1. The number of amides is 1. The van der Waals surface area contributed by atoms with Crippen molar-refractivity contribution < 1.29 is 9.53 Å². The lowest BCUT2D eigenvalue weighted by Gasteiger charge is -2.38. The Hall–Kier alpha value is -1.30. The lowest BCUT2D eigenvalue weighted by molar-refractivity contribution is 0.0358. The van der Waals surface area contributed by atoms with Gasteiger partial charge in [-0.2, -0.15) is 0 Å². The normalized spacial score (nSPS) is 25.8. The van der Waals surface area contributed by atoms with Crippen LogP contribution >= 0.6 is 34.5 Å². The van der Waals surface area contributed by atoms with Gasteiger partial charge in [-0.1, -0.05) is 23.2 Å². The predicted octanol–water partition coefficient (Wildman–Crippen LogP) is 4.66. The summed E-state index contributed by atoms with van der Waals surface area (Å²) in [5.74, 6) is 0.782. The molecule has 126 valence electrons. The van der Waals surface area contributed by atoms with Gasteiger partial charge in [-0.05, 0) is 31.0 Å². The number of carbonyl (C=O) groups excluding carboxylic acids is 1. The first-order valence-corrected chi connectivity index (χ1v) is 9.53. The van der Waals surface area contributed by atoms with E-state index >= 15 is 0 Å². The van der Waals surface area contributed by atoms with Gasteiger partial charge in [0.05, 0.1) is 16.1 Å². The third-order valence-corrected chi connectivity index (χ3v) is 6.24. The number of fused-ring (bicyclic) bond motifs is 2. The molecule has 2 aromatic rings.